The van der Waals surface area contributed by atoms with Crippen molar-refractivity contribution in [2.45, 2.75) is 19.4 Å². The maximum absolute atomic E-state index is 11.8. The van der Waals surface area contributed by atoms with E-state index in [1.165, 1.54) is 0 Å². The molecule has 0 saturated heterocycles. The minimum absolute atomic E-state index is 0.131. The van der Waals surface area contributed by atoms with Crippen LogP contribution in [0, 0.1) is 0 Å². The largest absolute Gasteiger partial charge is 0.469 e. The van der Waals surface area contributed by atoms with Crippen LogP contribution in [0.4, 0.5) is 5.95 Å². The molecule has 6 nitrogen and oxygen atoms in total. The number of carbonyl (C=O) groups excluding carboxylic acids is 1. The summed E-state index contributed by atoms with van der Waals surface area (Å²) in [7, 11) is 0. The zero-order valence-corrected chi connectivity index (χ0v) is 12.0. The van der Waals surface area contributed by atoms with E-state index < -0.39 is 0 Å². The molecule has 0 radical (unpaired) electrons. The number of furan rings is 1. The molecule has 0 spiro atoms. The number of aromatic nitrogens is 3. The van der Waals surface area contributed by atoms with Gasteiger partial charge < -0.3 is 4.42 Å². The first-order valence-electron chi connectivity index (χ1n) is 7.05. The van der Waals surface area contributed by atoms with E-state index in [0.29, 0.717) is 25.3 Å². The molecular formula is C16H16N4O2. The van der Waals surface area contributed by atoms with Gasteiger partial charge in [0.25, 0.3) is 0 Å². The van der Waals surface area contributed by atoms with Crippen molar-refractivity contribution in [1.29, 1.82) is 0 Å². The summed E-state index contributed by atoms with van der Waals surface area (Å²) in [4.78, 5) is 15.9. The molecule has 0 fully saturated rings. The summed E-state index contributed by atoms with van der Waals surface area (Å²) in [5.74, 6) is 0.979. The Morgan fingerprint density at radius 2 is 2.05 bits per heavy atom. The summed E-state index contributed by atoms with van der Waals surface area (Å²) < 4.78 is 6.88. The number of amides is 1. The van der Waals surface area contributed by atoms with Gasteiger partial charge in [-0.1, -0.05) is 30.3 Å². The Morgan fingerprint density at radius 1 is 1.18 bits per heavy atom. The minimum Gasteiger partial charge on any atom is -0.469 e. The zero-order chi connectivity index (χ0) is 15.2. The second-order valence-electron chi connectivity index (χ2n) is 4.88. The molecule has 0 bridgehead atoms. The molecule has 2 aromatic heterocycles. The number of carbonyl (C=O) groups is 1. The lowest BCUT2D eigenvalue weighted by molar-refractivity contribution is -0.116. The predicted octanol–water partition coefficient (Wildman–Crippen LogP) is 2.49. The molecule has 1 aromatic carbocycles. The molecule has 3 rings (SSSR count). The van der Waals surface area contributed by atoms with Crippen LogP contribution in [0.15, 0.2) is 59.5 Å². The van der Waals surface area contributed by atoms with Crippen molar-refractivity contribution < 1.29 is 9.21 Å². The van der Waals surface area contributed by atoms with Gasteiger partial charge in [-0.05, 0) is 17.7 Å². The molecule has 2 heterocycles. The van der Waals surface area contributed by atoms with E-state index in [4.69, 9.17) is 4.42 Å². The second kappa shape index (κ2) is 6.71. The molecule has 3 aromatic rings. The van der Waals surface area contributed by atoms with Crippen LogP contribution in [-0.4, -0.2) is 20.7 Å². The number of nitrogens with one attached hydrogen (secondary N) is 1. The van der Waals surface area contributed by atoms with Crippen LogP contribution in [0.2, 0.25) is 0 Å². The molecule has 0 aliphatic carbocycles. The van der Waals surface area contributed by atoms with Crippen LogP contribution in [0.25, 0.3) is 0 Å². The van der Waals surface area contributed by atoms with Gasteiger partial charge in [0.1, 0.15) is 12.1 Å². The highest BCUT2D eigenvalue weighted by atomic mass is 16.3. The fraction of sp³-hybridized carbons (Fsp3) is 0.188. The molecule has 1 N–H and O–H groups in total. The molecule has 0 unspecified atom stereocenters. The third-order valence-electron chi connectivity index (χ3n) is 3.15. The third kappa shape index (κ3) is 3.82. The van der Waals surface area contributed by atoms with E-state index in [9.17, 15) is 4.79 Å². The topological polar surface area (TPSA) is 73.0 Å². The SMILES string of the molecule is O=C(CCc1ccco1)Nc1ncn(Cc2ccccc2)n1. The number of nitrogens with zero attached hydrogens (tertiary/aromatic N) is 3. The molecule has 22 heavy (non-hydrogen) atoms. The van der Waals surface area contributed by atoms with Gasteiger partial charge in [0.2, 0.25) is 11.9 Å². The Labute approximate surface area is 127 Å². The van der Waals surface area contributed by atoms with Gasteiger partial charge in [-0.25, -0.2) is 9.67 Å². The highest BCUT2D eigenvalue weighted by Crippen LogP contribution is 2.06. The highest BCUT2D eigenvalue weighted by Gasteiger charge is 2.08. The van der Waals surface area contributed by atoms with E-state index in [0.717, 1.165) is 11.3 Å². The zero-order valence-electron chi connectivity index (χ0n) is 12.0. The molecule has 0 saturated carbocycles. The Bertz CT molecular complexity index is 720. The summed E-state index contributed by atoms with van der Waals surface area (Å²) in [6.45, 7) is 0.621. The van der Waals surface area contributed by atoms with Crippen LogP contribution < -0.4 is 5.32 Å². The van der Waals surface area contributed by atoms with Crippen molar-refractivity contribution in [1.82, 2.24) is 14.8 Å². The monoisotopic (exact) mass is 296 g/mol. The number of rotatable bonds is 6. The van der Waals surface area contributed by atoms with Gasteiger partial charge in [0.15, 0.2) is 0 Å². The van der Waals surface area contributed by atoms with Crippen molar-refractivity contribution in [3.63, 3.8) is 0 Å². The van der Waals surface area contributed by atoms with Crippen LogP contribution in [0.3, 0.4) is 0 Å². The van der Waals surface area contributed by atoms with Crippen molar-refractivity contribution >= 4 is 11.9 Å². The van der Waals surface area contributed by atoms with Crippen molar-refractivity contribution in [2.75, 3.05) is 5.32 Å². The highest BCUT2D eigenvalue weighted by molar-refractivity contribution is 5.88. The van der Waals surface area contributed by atoms with Gasteiger partial charge in [-0.15, -0.1) is 5.10 Å². The van der Waals surface area contributed by atoms with Crippen molar-refractivity contribution in [2.24, 2.45) is 0 Å². The number of aryl methyl sites for hydroxylation is 1. The molecule has 0 atom stereocenters. The predicted molar refractivity (Wildman–Crippen MR) is 81.2 cm³/mol. The Balaban J connectivity index is 1.51. The first kappa shape index (κ1) is 14.1. The fourth-order valence-corrected chi connectivity index (χ4v) is 2.08. The van der Waals surface area contributed by atoms with Gasteiger partial charge in [0.05, 0.1) is 12.8 Å². The maximum atomic E-state index is 11.8. The summed E-state index contributed by atoms with van der Waals surface area (Å²) in [6, 6.07) is 13.6. The van der Waals surface area contributed by atoms with Crippen LogP contribution >= 0.6 is 0 Å². The van der Waals surface area contributed by atoms with E-state index >= 15 is 0 Å². The lowest BCUT2D eigenvalue weighted by Gasteiger charge is -2.01. The molecule has 6 heteroatoms. The Hall–Kier alpha value is -2.89. The number of hydrogen-bond donors (Lipinski definition) is 1. The number of benzene rings is 1. The lowest BCUT2D eigenvalue weighted by Crippen LogP contribution is -2.13. The third-order valence-corrected chi connectivity index (χ3v) is 3.15. The van der Waals surface area contributed by atoms with Gasteiger partial charge in [-0.3, -0.25) is 10.1 Å². The van der Waals surface area contributed by atoms with Crippen molar-refractivity contribution in [3.05, 3.63) is 66.4 Å². The standard InChI is InChI=1S/C16H16N4O2/c21-15(9-8-14-7-4-10-22-14)18-16-17-12-20(19-16)11-13-5-2-1-3-6-13/h1-7,10,12H,8-9,11H2,(H,18,19,21). The van der Waals surface area contributed by atoms with E-state index in [1.807, 2.05) is 36.4 Å². The normalized spacial score (nSPS) is 10.5. The summed E-state index contributed by atoms with van der Waals surface area (Å²) >= 11 is 0. The Morgan fingerprint density at radius 3 is 2.82 bits per heavy atom. The first-order chi connectivity index (χ1) is 10.8. The Kier molecular flexibility index (Phi) is 4.29. The summed E-state index contributed by atoms with van der Waals surface area (Å²) in [5, 5.41) is 6.93. The fourth-order valence-electron chi connectivity index (χ4n) is 2.08. The average molecular weight is 296 g/mol. The smallest absolute Gasteiger partial charge is 0.248 e. The quantitative estimate of drug-likeness (QED) is 0.758. The van der Waals surface area contributed by atoms with Gasteiger partial charge in [-0.2, -0.15) is 0 Å². The molecule has 112 valence electrons. The van der Waals surface area contributed by atoms with E-state index in [2.05, 4.69) is 15.4 Å². The molecular weight excluding hydrogens is 280 g/mol. The van der Waals surface area contributed by atoms with Gasteiger partial charge in [0, 0.05) is 12.8 Å². The molecule has 1 amide bonds. The van der Waals surface area contributed by atoms with E-state index in [1.54, 1.807) is 23.3 Å². The van der Waals surface area contributed by atoms with Crippen LogP contribution in [-0.2, 0) is 17.8 Å². The minimum atomic E-state index is -0.131. The molecule has 0 aliphatic rings. The number of anilines is 1. The number of hydrogen-bond acceptors (Lipinski definition) is 4. The van der Waals surface area contributed by atoms with Crippen molar-refractivity contribution in [3.8, 4) is 0 Å². The first-order valence-corrected chi connectivity index (χ1v) is 7.05. The maximum Gasteiger partial charge on any atom is 0.248 e. The summed E-state index contributed by atoms with van der Waals surface area (Å²) in [5.41, 5.74) is 1.13. The summed E-state index contributed by atoms with van der Waals surface area (Å²) in [6.07, 6.45) is 4.10. The average Bonchev–Trinajstić information content (AvgIpc) is 3.18. The van der Waals surface area contributed by atoms with Crippen LogP contribution in [0.1, 0.15) is 17.7 Å². The van der Waals surface area contributed by atoms with E-state index in [-0.39, 0.29) is 5.91 Å². The lowest BCUT2D eigenvalue weighted by atomic mass is 10.2. The van der Waals surface area contributed by atoms with Crippen LogP contribution in [0.5, 0.6) is 0 Å². The second-order valence-corrected chi connectivity index (χ2v) is 4.88. The van der Waals surface area contributed by atoms with Gasteiger partial charge >= 0.3 is 0 Å². The molecule has 0 aliphatic heterocycles.